The molecule has 0 aliphatic rings. The molecule has 0 radical (unpaired) electrons. The number of rotatable bonds is 2. The molecule has 0 saturated heterocycles. The van der Waals surface area contributed by atoms with E-state index in [1.54, 1.807) is 6.92 Å². The van der Waals surface area contributed by atoms with Crippen LogP contribution >= 0.6 is 34.8 Å². The Kier molecular flexibility index (Phi) is 3.86. The van der Waals surface area contributed by atoms with Crippen molar-refractivity contribution in [1.82, 2.24) is 0 Å². The van der Waals surface area contributed by atoms with Crippen molar-refractivity contribution >= 4 is 41.1 Å². The van der Waals surface area contributed by atoms with Crippen LogP contribution < -0.4 is 0 Å². The molecule has 4 heteroatoms. The second kappa shape index (κ2) is 3.65. The second-order valence-corrected chi connectivity index (χ2v) is 4.21. The van der Waals surface area contributed by atoms with Gasteiger partial charge in [-0.15, -0.1) is 0 Å². The van der Waals surface area contributed by atoms with Crippen LogP contribution in [0.15, 0.2) is 0 Å². The van der Waals surface area contributed by atoms with Gasteiger partial charge in [0.05, 0.1) is 0 Å². The predicted molar refractivity (Wildman–Crippen MR) is 40.1 cm³/mol. The van der Waals surface area contributed by atoms with E-state index < -0.39 is 3.79 Å². The summed E-state index contributed by atoms with van der Waals surface area (Å²) in [4.78, 5) is 9.89. The molecule has 9 heavy (non-hydrogen) atoms. The Morgan fingerprint density at radius 3 is 2.11 bits per heavy atom. The summed E-state index contributed by atoms with van der Waals surface area (Å²) in [5.74, 6) is -0.208. The van der Waals surface area contributed by atoms with E-state index >= 15 is 0 Å². The highest BCUT2D eigenvalue weighted by Crippen LogP contribution is 2.35. The van der Waals surface area contributed by atoms with Gasteiger partial charge in [-0.3, -0.25) is 0 Å². The van der Waals surface area contributed by atoms with Gasteiger partial charge in [-0.1, -0.05) is 41.7 Å². The molecule has 0 aromatic heterocycles. The van der Waals surface area contributed by atoms with Crippen LogP contribution in [0.3, 0.4) is 0 Å². The van der Waals surface area contributed by atoms with E-state index in [9.17, 15) is 4.79 Å². The van der Waals surface area contributed by atoms with Crippen molar-refractivity contribution in [2.24, 2.45) is 5.92 Å². The topological polar surface area (TPSA) is 17.1 Å². The third kappa shape index (κ3) is 4.01. The molecule has 1 atom stereocenters. The molecule has 1 nitrogen and oxygen atoms in total. The van der Waals surface area contributed by atoms with Crippen LogP contribution in [0, 0.1) is 5.92 Å². The summed E-state index contributed by atoms with van der Waals surface area (Å²) >= 11 is 16.3. The van der Waals surface area contributed by atoms with Crippen LogP contribution in [0.25, 0.3) is 0 Å². The third-order valence-electron chi connectivity index (χ3n) is 1.01. The van der Waals surface area contributed by atoms with Crippen LogP contribution in [0.4, 0.5) is 0 Å². The van der Waals surface area contributed by atoms with Crippen LogP contribution in [-0.4, -0.2) is 10.1 Å². The SMILES string of the molecule is C[C@@H](CC=O)C(Cl)(Cl)Cl. The standard InChI is InChI=1S/C5H7Cl3O/c1-4(2-3-9)5(6,7)8/h3-4H,2H2,1H3/t4-/m0/s1. The van der Waals surface area contributed by atoms with Crippen molar-refractivity contribution in [2.75, 3.05) is 0 Å². The maximum Gasteiger partial charge on any atom is 0.193 e. The lowest BCUT2D eigenvalue weighted by Crippen LogP contribution is -2.15. The first-order valence-electron chi connectivity index (χ1n) is 2.49. The van der Waals surface area contributed by atoms with E-state index in [1.807, 2.05) is 0 Å². The normalized spacial score (nSPS) is 15.1. The van der Waals surface area contributed by atoms with Gasteiger partial charge in [-0.05, 0) is 0 Å². The van der Waals surface area contributed by atoms with Crippen LogP contribution in [0.2, 0.25) is 0 Å². The van der Waals surface area contributed by atoms with Crippen molar-refractivity contribution in [1.29, 1.82) is 0 Å². The highest BCUT2D eigenvalue weighted by molar-refractivity contribution is 6.67. The van der Waals surface area contributed by atoms with E-state index in [0.717, 1.165) is 6.29 Å². The van der Waals surface area contributed by atoms with E-state index in [1.165, 1.54) is 0 Å². The molecule has 0 saturated carbocycles. The number of alkyl halides is 3. The first-order chi connectivity index (χ1) is 3.98. The van der Waals surface area contributed by atoms with Crippen LogP contribution in [0.5, 0.6) is 0 Å². The summed E-state index contributed by atoms with van der Waals surface area (Å²) in [7, 11) is 0. The average molecular weight is 189 g/mol. The lowest BCUT2D eigenvalue weighted by atomic mass is 10.1. The fraction of sp³-hybridized carbons (Fsp3) is 0.800. The quantitative estimate of drug-likeness (QED) is 0.482. The first kappa shape index (κ1) is 9.54. The van der Waals surface area contributed by atoms with Crippen molar-refractivity contribution in [3.63, 3.8) is 0 Å². The molecule has 0 spiro atoms. The van der Waals surface area contributed by atoms with E-state index in [-0.39, 0.29) is 12.3 Å². The van der Waals surface area contributed by atoms with Gasteiger partial charge in [-0.25, -0.2) is 0 Å². The Morgan fingerprint density at radius 2 is 2.00 bits per heavy atom. The van der Waals surface area contributed by atoms with E-state index in [0.29, 0.717) is 0 Å². The lowest BCUT2D eigenvalue weighted by Gasteiger charge is -2.16. The number of halogens is 3. The van der Waals surface area contributed by atoms with E-state index in [4.69, 9.17) is 34.8 Å². The minimum Gasteiger partial charge on any atom is -0.303 e. The first-order valence-corrected chi connectivity index (χ1v) is 3.62. The molecule has 0 aromatic carbocycles. The van der Waals surface area contributed by atoms with Crippen molar-refractivity contribution in [3.8, 4) is 0 Å². The summed E-state index contributed by atoms with van der Waals surface area (Å²) in [6.45, 7) is 1.71. The fourth-order valence-electron chi connectivity index (χ4n) is 0.278. The van der Waals surface area contributed by atoms with Crippen molar-refractivity contribution < 1.29 is 4.79 Å². The molecule has 0 aromatic rings. The van der Waals surface area contributed by atoms with Crippen molar-refractivity contribution in [2.45, 2.75) is 17.1 Å². The Hall–Kier alpha value is 0.540. The molecule has 0 N–H and O–H groups in total. The smallest absolute Gasteiger partial charge is 0.193 e. The summed E-state index contributed by atoms with van der Waals surface area (Å²) in [5.41, 5.74) is 0. The molecule has 0 unspecified atom stereocenters. The summed E-state index contributed by atoms with van der Waals surface area (Å²) in [5, 5.41) is 0. The molecule has 0 bridgehead atoms. The molecular weight excluding hydrogens is 182 g/mol. The van der Waals surface area contributed by atoms with Gasteiger partial charge in [0.1, 0.15) is 6.29 Å². The average Bonchev–Trinajstić information content (AvgIpc) is 1.64. The second-order valence-electron chi connectivity index (χ2n) is 1.85. The van der Waals surface area contributed by atoms with Gasteiger partial charge < -0.3 is 4.79 Å². The predicted octanol–water partition coefficient (Wildman–Crippen LogP) is 2.58. The highest BCUT2D eigenvalue weighted by Gasteiger charge is 2.27. The summed E-state index contributed by atoms with van der Waals surface area (Å²) in [6, 6.07) is 0. The number of hydrogen-bond donors (Lipinski definition) is 0. The third-order valence-corrected chi connectivity index (χ3v) is 2.13. The highest BCUT2D eigenvalue weighted by atomic mass is 35.6. The van der Waals surface area contributed by atoms with Crippen LogP contribution in [-0.2, 0) is 4.79 Å². The van der Waals surface area contributed by atoms with Gasteiger partial charge in [0.2, 0.25) is 0 Å². The summed E-state index contributed by atoms with van der Waals surface area (Å²) < 4.78 is -1.30. The summed E-state index contributed by atoms with van der Waals surface area (Å²) in [6.07, 6.45) is 1.03. The number of carbonyl (C=O) groups excluding carboxylic acids is 1. The monoisotopic (exact) mass is 188 g/mol. The largest absolute Gasteiger partial charge is 0.303 e. The molecule has 0 heterocycles. The molecular formula is C5H7Cl3O. The zero-order valence-electron chi connectivity index (χ0n) is 4.90. The zero-order chi connectivity index (χ0) is 7.49. The molecule has 0 fully saturated rings. The van der Waals surface area contributed by atoms with Gasteiger partial charge in [0.15, 0.2) is 3.79 Å². The molecule has 0 rings (SSSR count). The number of aldehydes is 1. The zero-order valence-corrected chi connectivity index (χ0v) is 7.17. The number of hydrogen-bond acceptors (Lipinski definition) is 1. The fourth-order valence-corrected chi connectivity index (χ4v) is 0.545. The lowest BCUT2D eigenvalue weighted by molar-refractivity contribution is -0.108. The maximum absolute atomic E-state index is 9.89. The Bertz CT molecular complexity index is 96.9. The van der Waals surface area contributed by atoms with Gasteiger partial charge in [0.25, 0.3) is 0 Å². The minimum absolute atomic E-state index is 0.208. The van der Waals surface area contributed by atoms with Gasteiger partial charge in [0, 0.05) is 12.3 Å². The molecule has 54 valence electrons. The minimum atomic E-state index is -1.30. The van der Waals surface area contributed by atoms with Gasteiger partial charge in [-0.2, -0.15) is 0 Å². The number of carbonyl (C=O) groups is 1. The van der Waals surface area contributed by atoms with Crippen molar-refractivity contribution in [3.05, 3.63) is 0 Å². The Balaban J connectivity index is 3.72. The van der Waals surface area contributed by atoms with Gasteiger partial charge >= 0.3 is 0 Å². The Morgan fingerprint density at radius 1 is 1.56 bits per heavy atom. The van der Waals surface area contributed by atoms with E-state index in [2.05, 4.69) is 0 Å². The van der Waals surface area contributed by atoms with Crippen LogP contribution in [0.1, 0.15) is 13.3 Å². The molecule has 0 amide bonds. The Labute approximate surface area is 69.3 Å². The molecule has 0 aliphatic heterocycles. The maximum atomic E-state index is 9.89. The molecule has 0 aliphatic carbocycles.